The van der Waals surface area contributed by atoms with Crippen molar-refractivity contribution in [3.05, 3.63) is 56.4 Å². The number of methoxy groups -OCH3 is 1. The highest BCUT2D eigenvalue weighted by atomic mass is 127. The third kappa shape index (κ3) is 6.15. The molecule has 1 amide bonds. The Kier molecular flexibility index (Phi) is 8.54. The lowest BCUT2D eigenvalue weighted by Gasteiger charge is -2.13. The zero-order valence-electron chi connectivity index (χ0n) is 16.1. The molecule has 30 heavy (non-hydrogen) atoms. The number of nitrogens with one attached hydrogen (secondary N) is 1. The number of hydrogen-bond donors (Lipinski definition) is 1. The van der Waals surface area contributed by atoms with Crippen LogP contribution in [-0.4, -0.2) is 38.4 Å². The second-order valence-electron chi connectivity index (χ2n) is 5.63. The van der Waals surface area contributed by atoms with Gasteiger partial charge in [-0.15, -0.1) is 0 Å². The van der Waals surface area contributed by atoms with Crippen LogP contribution in [0.25, 0.3) is 0 Å². The van der Waals surface area contributed by atoms with Gasteiger partial charge in [-0.05, 0) is 65.4 Å². The highest BCUT2D eigenvalue weighted by Crippen LogP contribution is 2.33. The lowest BCUT2D eigenvalue weighted by molar-refractivity contribution is -0.145. The van der Waals surface area contributed by atoms with Crippen molar-refractivity contribution in [1.82, 2.24) is 5.43 Å². The number of rotatable bonds is 8. The first-order chi connectivity index (χ1) is 14.4. The lowest BCUT2D eigenvalue weighted by Crippen LogP contribution is -2.19. The van der Waals surface area contributed by atoms with Crippen LogP contribution in [0.4, 0.5) is 4.39 Å². The summed E-state index contributed by atoms with van der Waals surface area (Å²) in [5.74, 6) is -1.35. The van der Waals surface area contributed by atoms with Crippen LogP contribution < -0.4 is 14.9 Å². The van der Waals surface area contributed by atoms with E-state index in [2.05, 4.69) is 10.5 Å². The number of carbonyl (C=O) groups excluding carboxylic acids is 2. The number of hydrogen-bond acceptors (Lipinski definition) is 7. The highest BCUT2D eigenvalue weighted by molar-refractivity contribution is 14.1. The van der Waals surface area contributed by atoms with E-state index in [0.717, 1.165) is 6.07 Å². The largest absolute Gasteiger partial charge is 0.493 e. The predicted octanol–water partition coefficient (Wildman–Crippen LogP) is 3.02. The number of hydrazone groups is 1. The molecule has 0 saturated heterocycles. The maximum atomic E-state index is 13.9. The molecular formula is C20H17FIN3O5. The Hall–Kier alpha value is -3.20. The van der Waals surface area contributed by atoms with Gasteiger partial charge in [-0.2, -0.15) is 10.4 Å². The summed E-state index contributed by atoms with van der Waals surface area (Å²) in [6.07, 6.45) is 1.35. The van der Waals surface area contributed by atoms with E-state index < -0.39 is 17.7 Å². The fourth-order valence-corrected chi connectivity index (χ4v) is 3.06. The number of benzene rings is 2. The van der Waals surface area contributed by atoms with Gasteiger partial charge in [0.25, 0.3) is 5.91 Å². The van der Waals surface area contributed by atoms with E-state index >= 15 is 0 Å². The van der Waals surface area contributed by atoms with Gasteiger partial charge in [0.05, 0.1) is 40.7 Å². The maximum Gasteiger partial charge on any atom is 0.344 e. The van der Waals surface area contributed by atoms with Crippen LogP contribution in [0.3, 0.4) is 0 Å². The zero-order chi connectivity index (χ0) is 22.1. The molecule has 0 radical (unpaired) electrons. The topological polar surface area (TPSA) is 110 Å². The summed E-state index contributed by atoms with van der Waals surface area (Å²) in [6, 6.07) is 8.60. The summed E-state index contributed by atoms with van der Waals surface area (Å²) in [5.41, 5.74) is 2.67. The Morgan fingerprint density at radius 2 is 2.10 bits per heavy atom. The molecule has 0 fully saturated rings. The first-order valence-electron chi connectivity index (χ1n) is 8.58. The summed E-state index contributed by atoms with van der Waals surface area (Å²) in [5, 5.41) is 12.6. The minimum Gasteiger partial charge on any atom is -0.493 e. The molecule has 0 aliphatic heterocycles. The second-order valence-corrected chi connectivity index (χ2v) is 6.80. The van der Waals surface area contributed by atoms with Crippen LogP contribution in [0.1, 0.15) is 28.4 Å². The van der Waals surface area contributed by atoms with Gasteiger partial charge in [-0.1, -0.05) is 0 Å². The monoisotopic (exact) mass is 525 g/mol. The predicted molar refractivity (Wildman–Crippen MR) is 114 cm³/mol. The molecule has 1 N–H and O–H groups in total. The number of amides is 1. The van der Waals surface area contributed by atoms with Gasteiger partial charge < -0.3 is 14.2 Å². The second kappa shape index (κ2) is 11.1. The molecule has 10 heteroatoms. The molecule has 0 heterocycles. The van der Waals surface area contributed by atoms with Gasteiger partial charge in [0.15, 0.2) is 18.1 Å². The minimum atomic E-state index is -0.818. The Bertz CT molecular complexity index is 1020. The van der Waals surface area contributed by atoms with E-state index in [1.165, 1.54) is 25.5 Å². The van der Waals surface area contributed by atoms with E-state index in [0.29, 0.717) is 20.6 Å². The summed E-state index contributed by atoms with van der Waals surface area (Å²) in [4.78, 5) is 23.5. The Balaban J connectivity index is 2.10. The first kappa shape index (κ1) is 23.1. The normalized spacial score (nSPS) is 10.4. The molecule has 2 aromatic carbocycles. The van der Waals surface area contributed by atoms with Gasteiger partial charge in [0, 0.05) is 0 Å². The molecule has 156 valence electrons. The third-order valence-electron chi connectivity index (χ3n) is 3.61. The summed E-state index contributed by atoms with van der Waals surface area (Å²) >= 11 is 2.01. The van der Waals surface area contributed by atoms with Gasteiger partial charge in [-0.25, -0.2) is 14.6 Å². The van der Waals surface area contributed by atoms with Crippen molar-refractivity contribution in [3.63, 3.8) is 0 Å². The van der Waals surface area contributed by atoms with Crippen LogP contribution in [0, 0.1) is 20.7 Å². The zero-order valence-corrected chi connectivity index (χ0v) is 18.2. The molecule has 0 aliphatic carbocycles. The molecule has 0 saturated carbocycles. The molecule has 0 atom stereocenters. The molecule has 0 bridgehead atoms. The Labute approximate surface area is 185 Å². The number of nitrogens with zero attached hydrogens (tertiary/aromatic N) is 2. The number of halogens is 2. The standard InChI is InChI=1S/C20H17FIN3O5/c1-3-29-18(26)11-30-19-16(22)7-13(8-17(19)28-2)10-24-25-20(27)14-5-4-12(9-23)6-15(14)21/h4-8,10H,3,11H2,1-2H3,(H,25,27). The van der Waals surface area contributed by atoms with Crippen molar-refractivity contribution in [1.29, 1.82) is 5.26 Å². The van der Waals surface area contributed by atoms with E-state index in [1.807, 2.05) is 22.6 Å². The number of esters is 1. The molecule has 2 rings (SSSR count). The third-order valence-corrected chi connectivity index (χ3v) is 4.42. The molecule has 2 aromatic rings. The number of ether oxygens (including phenoxy) is 3. The molecule has 0 spiro atoms. The Morgan fingerprint density at radius 1 is 1.33 bits per heavy atom. The van der Waals surface area contributed by atoms with Crippen LogP contribution in [0.15, 0.2) is 35.4 Å². The van der Waals surface area contributed by atoms with Crippen LogP contribution in [0.5, 0.6) is 11.5 Å². The molecule has 8 nitrogen and oxygen atoms in total. The Morgan fingerprint density at radius 3 is 2.73 bits per heavy atom. The fourth-order valence-electron chi connectivity index (χ4n) is 2.28. The van der Waals surface area contributed by atoms with E-state index in [4.69, 9.17) is 19.5 Å². The smallest absolute Gasteiger partial charge is 0.344 e. The van der Waals surface area contributed by atoms with Crippen LogP contribution >= 0.6 is 22.6 Å². The number of carbonyl (C=O) groups is 2. The average Bonchev–Trinajstić information content (AvgIpc) is 2.72. The average molecular weight is 525 g/mol. The molecule has 0 unspecified atom stereocenters. The first-order valence-corrected chi connectivity index (χ1v) is 9.66. The van der Waals surface area contributed by atoms with Crippen LogP contribution in [-0.2, 0) is 9.53 Å². The van der Waals surface area contributed by atoms with Gasteiger partial charge >= 0.3 is 5.97 Å². The lowest BCUT2D eigenvalue weighted by atomic mass is 10.1. The maximum absolute atomic E-state index is 13.9. The minimum absolute atomic E-state index is 0.111. The van der Waals surface area contributed by atoms with Crippen molar-refractivity contribution in [2.45, 2.75) is 6.92 Å². The fraction of sp³-hybridized carbons (Fsp3) is 0.200. The van der Waals surface area contributed by atoms with Crippen molar-refractivity contribution in [2.24, 2.45) is 5.10 Å². The molecular weight excluding hydrogens is 508 g/mol. The molecule has 0 aromatic heterocycles. The van der Waals surface area contributed by atoms with E-state index in [1.54, 1.807) is 25.1 Å². The van der Waals surface area contributed by atoms with E-state index in [9.17, 15) is 14.0 Å². The van der Waals surface area contributed by atoms with Gasteiger partial charge in [0.2, 0.25) is 0 Å². The van der Waals surface area contributed by atoms with E-state index in [-0.39, 0.29) is 24.3 Å². The van der Waals surface area contributed by atoms with Crippen molar-refractivity contribution < 1.29 is 28.2 Å². The molecule has 0 aliphatic rings. The van der Waals surface area contributed by atoms with Crippen molar-refractivity contribution in [3.8, 4) is 17.6 Å². The number of nitriles is 1. The summed E-state index contributed by atoms with van der Waals surface area (Å²) in [7, 11) is 1.44. The summed E-state index contributed by atoms with van der Waals surface area (Å²) in [6.45, 7) is 1.69. The van der Waals surface area contributed by atoms with Crippen molar-refractivity contribution >= 4 is 40.7 Å². The van der Waals surface area contributed by atoms with Crippen molar-refractivity contribution in [2.75, 3.05) is 20.3 Å². The van der Waals surface area contributed by atoms with Crippen LogP contribution in [0.2, 0.25) is 0 Å². The summed E-state index contributed by atoms with van der Waals surface area (Å²) < 4.78 is 30.1. The highest BCUT2D eigenvalue weighted by Gasteiger charge is 2.14. The van der Waals surface area contributed by atoms with Gasteiger partial charge in [0.1, 0.15) is 5.82 Å². The quantitative estimate of drug-likeness (QED) is 0.246. The van der Waals surface area contributed by atoms with Gasteiger partial charge in [-0.3, -0.25) is 4.79 Å². The SMILES string of the molecule is CCOC(=O)COc1c(I)cc(C=NNC(=O)c2ccc(C#N)cc2F)cc1OC.